The number of anilines is 2. The van der Waals surface area contributed by atoms with Crippen LogP contribution in [0.3, 0.4) is 0 Å². The van der Waals surface area contributed by atoms with Crippen LogP contribution in [0.2, 0.25) is 0 Å². The van der Waals surface area contributed by atoms with E-state index in [1.807, 2.05) is 24.3 Å². The first-order valence-electron chi connectivity index (χ1n) is 7.12. The summed E-state index contributed by atoms with van der Waals surface area (Å²) in [5.41, 5.74) is 3.25. The van der Waals surface area contributed by atoms with E-state index >= 15 is 0 Å². The number of hydrogen-bond acceptors (Lipinski definition) is 4. The van der Waals surface area contributed by atoms with Gasteiger partial charge in [0.1, 0.15) is 0 Å². The molecule has 0 saturated carbocycles. The summed E-state index contributed by atoms with van der Waals surface area (Å²) in [7, 11) is 0. The lowest BCUT2D eigenvalue weighted by Crippen LogP contribution is -2.39. The van der Waals surface area contributed by atoms with Crippen molar-refractivity contribution in [2.45, 2.75) is 6.54 Å². The van der Waals surface area contributed by atoms with Crippen LogP contribution in [0.15, 0.2) is 61.2 Å². The van der Waals surface area contributed by atoms with Gasteiger partial charge in [-0.1, -0.05) is 30.3 Å². The Morgan fingerprint density at radius 3 is 2.82 bits per heavy atom. The highest BCUT2D eigenvalue weighted by molar-refractivity contribution is 5.69. The topological polar surface area (TPSA) is 49.6 Å². The Morgan fingerprint density at radius 2 is 2.05 bits per heavy atom. The lowest BCUT2D eigenvalue weighted by Gasteiger charge is -2.38. The summed E-state index contributed by atoms with van der Waals surface area (Å²) in [5.74, 6) is 0. The van der Waals surface area contributed by atoms with E-state index in [1.165, 1.54) is 11.6 Å². The highest BCUT2D eigenvalue weighted by atomic mass is 16.6. The largest absolute Gasteiger partial charge is 0.327 e. The zero-order valence-corrected chi connectivity index (χ0v) is 12.2. The molecule has 5 nitrogen and oxygen atoms in total. The number of nitro benzene ring substituents is 1. The van der Waals surface area contributed by atoms with Crippen LogP contribution in [-0.2, 0) is 6.54 Å². The van der Waals surface area contributed by atoms with E-state index in [9.17, 15) is 10.1 Å². The number of para-hydroxylation sites is 1. The molecule has 0 fully saturated rings. The quantitative estimate of drug-likeness (QED) is 0.490. The third-order valence-corrected chi connectivity index (χ3v) is 3.76. The minimum atomic E-state index is -0.360. The van der Waals surface area contributed by atoms with Gasteiger partial charge in [0, 0.05) is 36.6 Å². The van der Waals surface area contributed by atoms with Gasteiger partial charge in [0.05, 0.1) is 11.6 Å². The maximum absolute atomic E-state index is 11.0. The van der Waals surface area contributed by atoms with E-state index in [0.717, 1.165) is 24.5 Å². The van der Waals surface area contributed by atoms with Crippen molar-refractivity contribution >= 4 is 17.1 Å². The Bertz CT molecular complexity index is 715. The van der Waals surface area contributed by atoms with Gasteiger partial charge in [0.2, 0.25) is 0 Å². The van der Waals surface area contributed by atoms with Crippen LogP contribution in [0.4, 0.5) is 17.1 Å². The van der Waals surface area contributed by atoms with Gasteiger partial charge < -0.3 is 4.90 Å². The van der Waals surface area contributed by atoms with Crippen LogP contribution in [0.5, 0.6) is 0 Å². The number of non-ortho nitro benzene ring substituents is 1. The molecule has 5 heteroatoms. The van der Waals surface area contributed by atoms with Crippen molar-refractivity contribution in [2.75, 3.05) is 18.1 Å². The van der Waals surface area contributed by atoms with E-state index in [4.69, 9.17) is 0 Å². The normalized spacial score (nSPS) is 14.5. The number of benzene rings is 2. The Balaban J connectivity index is 2.03. The van der Waals surface area contributed by atoms with Crippen molar-refractivity contribution in [3.8, 4) is 0 Å². The summed E-state index contributed by atoms with van der Waals surface area (Å²) < 4.78 is 0. The van der Waals surface area contributed by atoms with Gasteiger partial charge in [-0.25, -0.2) is 0 Å². The first-order valence-corrected chi connectivity index (χ1v) is 7.12. The molecular formula is C17H17N3O2. The SMILES string of the molecule is C=CCN1Cc2ccccc2N(c2cccc([N+](=O)[O-])c2)C1. The number of nitro groups is 1. The van der Waals surface area contributed by atoms with Gasteiger partial charge in [0.25, 0.3) is 5.69 Å². The van der Waals surface area contributed by atoms with E-state index in [-0.39, 0.29) is 10.6 Å². The molecule has 0 unspecified atom stereocenters. The van der Waals surface area contributed by atoms with E-state index < -0.39 is 0 Å². The monoisotopic (exact) mass is 295 g/mol. The molecule has 0 radical (unpaired) electrons. The number of rotatable bonds is 4. The van der Waals surface area contributed by atoms with Gasteiger partial charge in [-0.15, -0.1) is 6.58 Å². The van der Waals surface area contributed by atoms with Crippen LogP contribution in [0.1, 0.15) is 5.56 Å². The van der Waals surface area contributed by atoms with Crippen LogP contribution in [-0.4, -0.2) is 23.0 Å². The molecule has 0 atom stereocenters. The lowest BCUT2D eigenvalue weighted by molar-refractivity contribution is -0.384. The molecule has 0 saturated heterocycles. The van der Waals surface area contributed by atoms with Crippen molar-refractivity contribution in [3.05, 3.63) is 76.9 Å². The minimum absolute atomic E-state index is 0.107. The molecule has 1 aliphatic heterocycles. The average molecular weight is 295 g/mol. The standard InChI is InChI=1S/C17H17N3O2/c1-2-10-18-12-14-6-3-4-9-17(14)19(13-18)15-7-5-8-16(11-15)20(21)22/h2-9,11H,1,10,12-13H2. The Labute approximate surface area is 129 Å². The van der Waals surface area contributed by atoms with Gasteiger partial charge in [-0.3, -0.25) is 15.0 Å². The summed E-state index contributed by atoms with van der Waals surface area (Å²) in [6, 6.07) is 14.9. The predicted molar refractivity (Wildman–Crippen MR) is 87.2 cm³/mol. The molecule has 0 N–H and O–H groups in total. The highest BCUT2D eigenvalue weighted by Crippen LogP contribution is 2.34. The van der Waals surface area contributed by atoms with Crippen molar-refractivity contribution < 1.29 is 4.92 Å². The first kappa shape index (κ1) is 14.3. The molecule has 1 heterocycles. The summed E-state index contributed by atoms with van der Waals surface area (Å²) in [6.45, 7) is 6.11. The fourth-order valence-electron chi connectivity index (χ4n) is 2.78. The minimum Gasteiger partial charge on any atom is -0.327 e. The van der Waals surface area contributed by atoms with Crippen LogP contribution in [0, 0.1) is 10.1 Å². The fraction of sp³-hybridized carbons (Fsp3) is 0.176. The van der Waals surface area contributed by atoms with Gasteiger partial charge in [-0.05, 0) is 17.7 Å². The molecule has 2 aromatic carbocycles. The summed E-state index contributed by atoms with van der Waals surface area (Å²) in [5, 5.41) is 11.0. The zero-order valence-electron chi connectivity index (χ0n) is 12.2. The second kappa shape index (κ2) is 5.99. The van der Waals surface area contributed by atoms with Gasteiger partial charge in [-0.2, -0.15) is 0 Å². The smallest absolute Gasteiger partial charge is 0.271 e. The second-order valence-corrected chi connectivity index (χ2v) is 5.28. The Morgan fingerprint density at radius 1 is 1.23 bits per heavy atom. The van der Waals surface area contributed by atoms with Crippen LogP contribution >= 0.6 is 0 Å². The molecule has 0 aromatic heterocycles. The molecule has 3 rings (SSSR count). The second-order valence-electron chi connectivity index (χ2n) is 5.28. The van der Waals surface area contributed by atoms with E-state index in [2.05, 4.69) is 28.5 Å². The summed E-state index contributed by atoms with van der Waals surface area (Å²) in [6.07, 6.45) is 1.87. The summed E-state index contributed by atoms with van der Waals surface area (Å²) in [4.78, 5) is 15.0. The Hall–Kier alpha value is -2.66. The first-order chi connectivity index (χ1) is 10.7. The molecule has 0 aliphatic carbocycles. The molecule has 2 aromatic rings. The van der Waals surface area contributed by atoms with Crippen LogP contribution in [0.25, 0.3) is 0 Å². The van der Waals surface area contributed by atoms with Crippen molar-refractivity contribution in [1.29, 1.82) is 0 Å². The zero-order chi connectivity index (χ0) is 15.5. The molecule has 1 aliphatic rings. The number of nitrogens with zero attached hydrogens (tertiary/aromatic N) is 3. The average Bonchev–Trinajstić information content (AvgIpc) is 2.54. The molecule has 0 spiro atoms. The van der Waals surface area contributed by atoms with Crippen molar-refractivity contribution in [3.63, 3.8) is 0 Å². The maximum Gasteiger partial charge on any atom is 0.271 e. The summed E-state index contributed by atoms with van der Waals surface area (Å²) >= 11 is 0. The molecular weight excluding hydrogens is 278 g/mol. The molecule has 0 amide bonds. The lowest BCUT2D eigenvalue weighted by atomic mass is 10.1. The predicted octanol–water partition coefficient (Wildman–Crippen LogP) is 3.69. The van der Waals surface area contributed by atoms with Gasteiger partial charge >= 0.3 is 0 Å². The highest BCUT2D eigenvalue weighted by Gasteiger charge is 2.23. The van der Waals surface area contributed by atoms with E-state index in [0.29, 0.717) is 6.67 Å². The van der Waals surface area contributed by atoms with E-state index in [1.54, 1.807) is 12.1 Å². The van der Waals surface area contributed by atoms with Crippen molar-refractivity contribution in [1.82, 2.24) is 4.90 Å². The third-order valence-electron chi connectivity index (χ3n) is 3.76. The third kappa shape index (κ3) is 2.71. The van der Waals surface area contributed by atoms with Gasteiger partial charge in [0.15, 0.2) is 0 Å². The molecule has 112 valence electrons. The number of fused-ring (bicyclic) bond motifs is 1. The van der Waals surface area contributed by atoms with Crippen LogP contribution < -0.4 is 4.90 Å². The fourth-order valence-corrected chi connectivity index (χ4v) is 2.78. The molecule has 0 bridgehead atoms. The van der Waals surface area contributed by atoms with Crippen molar-refractivity contribution in [2.24, 2.45) is 0 Å². The Kier molecular flexibility index (Phi) is 3.89. The molecule has 22 heavy (non-hydrogen) atoms. The number of hydrogen-bond donors (Lipinski definition) is 0. The maximum atomic E-state index is 11.0.